The Morgan fingerprint density at radius 3 is 2.68 bits per heavy atom. The smallest absolute Gasteiger partial charge is 0.275 e. The van der Waals surface area contributed by atoms with E-state index < -0.39 is 29.7 Å². The molecule has 0 saturated heterocycles. The molecule has 1 aromatic rings. The molecule has 1 fully saturated rings. The predicted octanol–water partition coefficient (Wildman–Crippen LogP) is 3.72. The van der Waals surface area contributed by atoms with E-state index in [1.165, 1.54) is 30.5 Å². The van der Waals surface area contributed by atoms with Crippen molar-refractivity contribution in [1.82, 2.24) is 10.2 Å². The van der Waals surface area contributed by atoms with Gasteiger partial charge in [-0.1, -0.05) is 11.6 Å². The minimum Gasteiger partial charge on any atom is -0.275 e. The summed E-state index contributed by atoms with van der Waals surface area (Å²) in [7, 11) is 0. The molecule has 1 saturated carbocycles. The standard InChI is InChI=1S/C16H14ClF4N3O/c17-10-3-4-12(18)11(9-10)15(5-1-6-15)23-14-22-7-2-8-24(14)13(25)16(19,20)21/h2-4,7-9,14,23H,1,5-6H2. The molecule has 1 heterocycles. The van der Waals surface area contributed by atoms with Crippen LogP contribution in [0.3, 0.4) is 0 Å². The van der Waals surface area contributed by atoms with Gasteiger partial charge in [0.15, 0.2) is 6.29 Å². The van der Waals surface area contributed by atoms with E-state index in [2.05, 4.69) is 10.3 Å². The first-order valence-electron chi connectivity index (χ1n) is 7.56. The summed E-state index contributed by atoms with van der Waals surface area (Å²) in [5.41, 5.74) is -0.665. The highest BCUT2D eigenvalue weighted by Crippen LogP contribution is 2.44. The molecule has 0 radical (unpaired) electrons. The number of hydrogen-bond donors (Lipinski definition) is 1. The number of amides is 1. The van der Waals surface area contributed by atoms with Crippen LogP contribution in [0.15, 0.2) is 35.5 Å². The summed E-state index contributed by atoms with van der Waals surface area (Å²) < 4.78 is 52.7. The fraction of sp³-hybridized carbons (Fsp3) is 0.375. The number of nitrogens with one attached hydrogen (secondary N) is 1. The van der Waals surface area contributed by atoms with E-state index in [1.54, 1.807) is 0 Å². The Balaban J connectivity index is 1.90. The van der Waals surface area contributed by atoms with Crippen molar-refractivity contribution in [3.05, 3.63) is 46.9 Å². The lowest BCUT2D eigenvalue weighted by atomic mass is 9.71. The number of nitrogens with zero attached hydrogens (tertiary/aromatic N) is 2. The Kier molecular flexibility index (Phi) is 4.59. The van der Waals surface area contributed by atoms with Gasteiger partial charge in [-0.15, -0.1) is 0 Å². The van der Waals surface area contributed by atoms with Gasteiger partial charge in [0.1, 0.15) is 5.82 Å². The maximum Gasteiger partial charge on any atom is 0.471 e. The Hall–Kier alpha value is -1.93. The zero-order chi connectivity index (χ0) is 18.2. The molecule has 9 heteroatoms. The molecular weight excluding hydrogens is 362 g/mol. The molecule has 1 N–H and O–H groups in total. The summed E-state index contributed by atoms with van der Waals surface area (Å²) in [6, 6.07) is 4.05. The third kappa shape index (κ3) is 3.41. The van der Waals surface area contributed by atoms with Gasteiger partial charge < -0.3 is 0 Å². The molecule has 1 atom stereocenters. The van der Waals surface area contributed by atoms with Gasteiger partial charge in [-0.3, -0.25) is 20.0 Å². The summed E-state index contributed by atoms with van der Waals surface area (Å²) >= 11 is 5.94. The number of benzene rings is 1. The van der Waals surface area contributed by atoms with Gasteiger partial charge in [-0.25, -0.2) is 4.39 Å². The van der Waals surface area contributed by atoms with Gasteiger partial charge in [-0.2, -0.15) is 13.2 Å². The Morgan fingerprint density at radius 2 is 2.08 bits per heavy atom. The molecule has 3 rings (SSSR count). The number of allylic oxidation sites excluding steroid dienone is 1. The second kappa shape index (κ2) is 6.42. The van der Waals surface area contributed by atoms with Crippen LogP contribution in [-0.2, 0) is 10.3 Å². The van der Waals surface area contributed by atoms with Gasteiger partial charge in [0, 0.05) is 28.5 Å². The van der Waals surface area contributed by atoms with Crippen LogP contribution >= 0.6 is 11.6 Å². The van der Waals surface area contributed by atoms with E-state index in [4.69, 9.17) is 11.6 Å². The van der Waals surface area contributed by atoms with Crippen LogP contribution < -0.4 is 5.32 Å². The normalized spacial score (nSPS) is 22.0. The van der Waals surface area contributed by atoms with E-state index in [1.807, 2.05) is 0 Å². The first-order valence-corrected chi connectivity index (χ1v) is 7.93. The molecule has 1 aromatic carbocycles. The summed E-state index contributed by atoms with van der Waals surface area (Å²) in [6.45, 7) is 0. The zero-order valence-electron chi connectivity index (χ0n) is 12.9. The first-order chi connectivity index (χ1) is 11.7. The molecule has 0 aromatic heterocycles. The summed E-state index contributed by atoms with van der Waals surface area (Å²) in [6.07, 6.45) is -1.04. The van der Waals surface area contributed by atoms with Gasteiger partial charge in [0.05, 0.1) is 0 Å². The van der Waals surface area contributed by atoms with Crippen molar-refractivity contribution in [2.75, 3.05) is 0 Å². The highest BCUT2D eigenvalue weighted by molar-refractivity contribution is 6.30. The number of aliphatic imine (C=N–C) groups is 1. The average molecular weight is 376 g/mol. The molecule has 4 nitrogen and oxygen atoms in total. The maximum atomic E-state index is 14.3. The van der Waals surface area contributed by atoms with E-state index >= 15 is 0 Å². The van der Waals surface area contributed by atoms with E-state index in [0.29, 0.717) is 22.8 Å². The number of carbonyl (C=O) groups is 1. The van der Waals surface area contributed by atoms with Crippen molar-refractivity contribution in [3.63, 3.8) is 0 Å². The van der Waals surface area contributed by atoms with Crippen LogP contribution in [0.1, 0.15) is 24.8 Å². The van der Waals surface area contributed by atoms with Crippen molar-refractivity contribution in [2.24, 2.45) is 4.99 Å². The van der Waals surface area contributed by atoms with Gasteiger partial charge >= 0.3 is 12.1 Å². The molecule has 25 heavy (non-hydrogen) atoms. The predicted molar refractivity (Wildman–Crippen MR) is 84.4 cm³/mol. The van der Waals surface area contributed by atoms with Gasteiger partial charge in [0.2, 0.25) is 0 Å². The second-order valence-corrected chi connectivity index (χ2v) is 6.36. The second-order valence-electron chi connectivity index (χ2n) is 5.93. The van der Waals surface area contributed by atoms with Crippen molar-refractivity contribution in [3.8, 4) is 0 Å². The molecule has 0 bridgehead atoms. The third-order valence-corrected chi connectivity index (χ3v) is 4.59. The average Bonchev–Trinajstić information content (AvgIpc) is 2.52. The molecule has 134 valence electrons. The molecule has 1 aliphatic heterocycles. The van der Waals surface area contributed by atoms with E-state index in [0.717, 1.165) is 12.6 Å². The van der Waals surface area contributed by atoms with Crippen molar-refractivity contribution >= 4 is 23.7 Å². The lowest BCUT2D eigenvalue weighted by Gasteiger charge is -2.46. The summed E-state index contributed by atoms with van der Waals surface area (Å²) in [5.74, 6) is -2.56. The van der Waals surface area contributed by atoms with Gasteiger partial charge in [-0.05, 0) is 43.5 Å². The Morgan fingerprint density at radius 1 is 1.36 bits per heavy atom. The lowest BCUT2D eigenvalue weighted by Crippen LogP contribution is -2.59. The Bertz CT molecular complexity index is 743. The quantitative estimate of drug-likeness (QED) is 0.818. The first kappa shape index (κ1) is 17.9. The molecule has 1 aliphatic carbocycles. The maximum absolute atomic E-state index is 14.3. The van der Waals surface area contributed by atoms with Crippen LogP contribution in [0.2, 0.25) is 5.02 Å². The number of carbonyl (C=O) groups excluding carboxylic acids is 1. The van der Waals surface area contributed by atoms with Crippen molar-refractivity contribution in [1.29, 1.82) is 0 Å². The fourth-order valence-electron chi connectivity index (χ4n) is 2.98. The largest absolute Gasteiger partial charge is 0.471 e. The fourth-order valence-corrected chi connectivity index (χ4v) is 3.15. The van der Waals surface area contributed by atoms with E-state index in [-0.39, 0.29) is 5.56 Å². The van der Waals surface area contributed by atoms with Crippen LogP contribution in [-0.4, -0.2) is 29.5 Å². The number of rotatable bonds is 3. The monoisotopic (exact) mass is 375 g/mol. The number of alkyl halides is 3. The minimum absolute atomic E-state index is 0.260. The Labute approximate surface area is 146 Å². The highest BCUT2D eigenvalue weighted by Gasteiger charge is 2.48. The molecule has 0 spiro atoms. The topological polar surface area (TPSA) is 44.7 Å². The zero-order valence-corrected chi connectivity index (χ0v) is 13.6. The molecular formula is C16H14ClF4N3O. The van der Waals surface area contributed by atoms with Crippen molar-refractivity contribution in [2.45, 2.75) is 37.3 Å². The van der Waals surface area contributed by atoms with Crippen LogP contribution in [0.4, 0.5) is 17.6 Å². The number of halogens is 5. The minimum atomic E-state index is -5.04. The molecule has 1 amide bonds. The van der Waals surface area contributed by atoms with Crippen LogP contribution in [0, 0.1) is 5.82 Å². The summed E-state index contributed by atoms with van der Waals surface area (Å²) in [4.78, 5) is 16.0. The summed E-state index contributed by atoms with van der Waals surface area (Å²) in [5, 5.41) is 3.23. The van der Waals surface area contributed by atoms with E-state index in [9.17, 15) is 22.4 Å². The third-order valence-electron chi connectivity index (χ3n) is 4.36. The van der Waals surface area contributed by atoms with Gasteiger partial charge in [0.25, 0.3) is 0 Å². The SMILES string of the molecule is O=C(N1C=CC=NC1NC1(c2cc(Cl)ccc2F)CCC1)C(F)(F)F. The molecule has 1 unspecified atom stereocenters. The lowest BCUT2D eigenvalue weighted by molar-refractivity contribution is -0.185. The van der Waals surface area contributed by atoms with Crippen LogP contribution in [0.25, 0.3) is 0 Å². The van der Waals surface area contributed by atoms with Crippen molar-refractivity contribution < 1.29 is 22.4 Å². The van der Waals surface area contributed by atoms with Crippen LogP contribution in [0.5, 0.6) is 0 Å². The number of hydrogen-bond acceptors (Lipinski definition) is 3. The molecule has 2 aliphatic rings. The highest BCUT2D eigenvalue weighted by atomic mass is 35.5.